The van der Waals surface area contributed by atoms with Crippen LogP contribution in [-0.4, -0.2) is 92.5 Å². The molecule has 0 saturated heterocycles. The first-order valence-electron chi connectivity index (χ1n) is 17.9. The van der Waals surface area contributed by atoms with Gasteiger partial charge < -0.3 is 30.7 Å². The molecule has 22 heteroatoms. The number of anilines is 3. The second-order valence-corrected chi connectivity index (χ2v) is 17.4. The monoisotopic (exact) mass is 864 g/mol. The van der Waals surface area contributed by atoms with Crippen LogP contribution in [0, 0.1) is 0 Å². The molecule has 5 N–H and O–H groups in total. The van der Waals surface area contributed by atoms with Crippen LogP contribution in [0.2, 0.25) is 5.02 Å². The van der Waals surface area contributed by atoms with Gasteiger partial charge in [-0.2, -0.15) is 4.68 Å². The summed E-state index contributed by atoms with van der Waals surface area (Å²) < 4.78 is 38.1. The van der Waals surface area contributed by atoms with Gasteiger partial charge in [0, 0.05) is 28.2 Å². The van der Waals surface area contributed by atoms with Crippen molar-refractivity contribution in [2.45, 2.75) is 65.2 Å². The standard InChI is InChI=1S/C38H41ClN10O10S/c1-37(2,3)58-34(53)30-18-22-17-25(13-15-28(22)49(30)36(55)59-38(4,5)6)41-31(50)27(16-21-8-11-24(12-9-21)42-35(54)45-60(7,56)57)44-33(52)32(51)43-26-19-23(39)10-14-29(26)48-20-40-46-47-48/h8-15,17-20,27H,16H2,1-7H3,(H,41,50)(H,43,51)(H,44,52)(H2,42,45,54)/t27-/m0/s1. The highest BCUT2D eigenvalue weighted by Crippen LogP contribution is 2.28. The van der Waals surface area contributed by atoms with E-state index in [4.69, 9.17) is 21.1 Å². The first kappa shape index (κ1) is 44.2. The van der Waals surface area contributed by atoms with Gasteiger partial charge in [0.05, 0.1) is 23.1 Å². The van der Waals surface area contributed by atoms with Crippen LogP contribution in [0.25, 0.3) is 16.6 Å². The molecule has 60 heavy (non-hydrogen) atoms. The molecule has 2 heterocycles. The molecule has 5 rings (SSSR count). The summed E-state index contributed by atoms with van der Waals surface area (Å²) >= 11 is 6.16. The molecular formula is C38H41ClN10O10S. The van der Waals surface area contributed by atoms with Crippen LogP contribution in [0.5, 0.6) is 0 Å². The average Bonchev–Trinajstić information content (AvgIpc) is 3.79. The van der Waals surface area contributed by atoms with E-state index in [1.807, 2.05) is 0 Å². The number of nitrogens with zero attached hydrogens (tertiary/aromatic N) is 5. The molecule has 2 aromatic heterocycles. The number of benzene rings is 3. The second kappa shape index (κ2) is 17.5. The van der Waals surface area contributed by atoms with Crippen LogP contribution < -0.4 is 26.0 Å². The van der Waals surface area contributed by atoms with Crippen molar-refractivity contribution < 1.29 is 46.7 Å². The molecule has 0 aliphatic rings. The molecule has 0 aliphatic heterocycles. The molecule has 0 spiro atoms. The van der Waals surface area contributed by atoms with E-state index in [1.54, 1.807) is 46.3 Å². The zero-order chi connectivity index (χ0) is 44.2. The number of hydrogen-bond acceptors (Lipinski definition) is 13. The van der Waals surface area contributed by atoms with Gasteiger partial charge in [0.2, 0.25) is 15.9 Å². The normalized spacial score (nSPS) is 12.2. The van der Waals surface area contributed by atoms with Gasteiger partial charge in [0.25, 0.3) is 0 Å². The van der Waals surface area contributed by atoms with Crippen molar-refractivity contribution in [3.8, 4) is 5.69 Å². The van der Waals surface area contributed by atoms with E-state index in [0.717, 1.165) is 10.8 Å². The number of carbonyl (C=O) groups is 6. The Bertz CT molecular complexity index is 2580. The minimum atomic E-state index is -3.83. The predicted molar refractivity (Wildman–Crippen MR) is 219 cm³/mol. The van der Waals surface area contributed by atoms with Gasteiger partial charge in [-0.3, -0.25) is 14.4 Å². The number of nitrogens with one attached hydrogen (secondary N) is 5. The molecule has 0 saturated carbocycles. The van der Waals surface area contributed by atoms with Crippen LogP contribution >= 0.6 is 11.6 Å². The number of ether oxygens (including phenoxy) is 2. The highest BCUT2D eigenvalue weighted by molar-refractivity contribution is 7.89. The number of hydrogen-bond donors (Lipinski definition) is 5. The topological polar surface area (TPSA) is 264 Å². The molecule has 3 aromatic carbocycles. The van der Waals surface area contributed by atoms with Crippen LogP contribution in [0.15, 0.2) is 73.1 Å². The van der Waals surface area contributed by atoms with Gasteiger partial charge in [-0.05, 0) is 112 Å². The zero-order valence-electron chi connectivity index (χ0n) is 33.3. The molecule has 0 unspecified atom stereocenters. The van der Waals surface area contributed by atoms with Gasteiger partial charge in [-0.1, -0.05) is 23.7 Å². The lowest BCUT2D eigenvalue weighted by atomic mass is 10.0. The number of halogens is 1. The van der Waals surface area contributed by atoms with Crippen molar-refractivity contribution in [3.63, 3.8) is 0 Å². The van der Waals surface area contributed by atoms with E-state index in [-0.39, 0.29) is 45.4 Å². The van der Waals surface area contributed by atoms with Crippen LogP contribution in [-0.2, 0) is 40.3 Å². The summed E-state index contributed by atoms with van der Waals surface area (Å²) in [5.74, 6) is -3.95. The van der Waals surface area contributed by atoms with Crippen molar-refractivity contribution in [2.75, 3.05) is 22.2 Å². The Balaban J connectivity index is 1.43. The molecule has 0 bridgehead atoms. The van der Waals surface area contributed by atoms with Gasteiger partial charge >= 0.3 is 29.9 Å². The highest BCUT2D eigenvalue weighted by atomic mass is 35.5. The maximum absolute atomic E-state index is 14.0. The predicted octanol–water partition coefficient (Wildman–Crippen LogP) is 4.39. The van der Waals surface area contributed by atoms with Crippen LogP contribution in [0.4, 0.5) is 26.7 Å². The Hall–Kier alpha value is -6.87. The Kier molecular flexibility index (Phi) is 12.9. The van der Waals surface area contributed by atoms with Crippen molar-refractivity contribution in [3.05, 3.63) is 89.3 Å². The van der Waals surface area contributed by atoms with E-state index < -0.39 is 63.1 Å². The summed E-state index contributed by atoms with van der Waals surface area (Å²) in [4.78, 5) is 79.4. The van der Waals surface area contributed by atoms with Gasteiger partial charge in [-0.15, -0.1) is 5.10 Å². The zero-order valence-corrected chi connectivity index (χ0v) is 34.9. The SMILES string of the molecule is CC(C)(C)OC(=O)c1cc2cc(NC(=O)[C@H](Cc3ccc(NC(=O)NS(C)(=O)=O)cc3)NC(=O)C(=O)Nc3cc(Cl)ccc3-n3cnnn3)ccc2n1C(=O)OC(C)(C)C. The first-order valence-corrected chi connectivity index (χ1v) is 20.2. The van der Waals surface area contributed by atoms with Crippen molar-refractivity contribution in [2.24, 2.45) is 0 Å². The van der Waals surface area contributed by atoms with E-state index in [9.17, 15) is 37.2 Å². The van der Waals surface area contributed by atoms with Gasteiger partial charge in [0.15, 0.2) is 0 Å². The number of rotatable bonds is 10. The lowest BCUT2D eigenvalue weighted by Crippen LogP contribution is -2.49. The molecule has 5 aromatic rings. The Morgan fingerprint density at radius 1 is 0.800 bits per heavy atom. The van der Waals surface area contributed by atoms with Crippen LogP contribution in [0.3, 0.4) is 0 Å². The minimum Gasteiger partial charge on any atom is -0.455 e. The molecule has 0 aliphatic carbocycles. The molecular weight excluding hydrogens is 824 g/mol. The third-order valence-electron chi connectivity index (χ3n) is 7.81. The van der Waals surface area contributed by atoms with Gasteiger partial charge in [-0.25, -0.2) is 32.1 Å². The molecule has 0 radical (unpaired) electrons. The fourth-order valence-electron chi connectivity index (χ4n) is 5.48. The summed E-state index contributed by atoms with van der Waals surface area (Å²) in [7, 11) is -3.83. The molecule has 20 nitrogen and oxygen atoms in total. The Morgan fingerprint density at radius 3 is 2.08 bits per heavy atom. The largest absolute Gasteiger partial charge is 0.455 e. The summed E-state index contributed by atoms with van der Waals surface area (Å²) in [5, 5.41) is 21.5. The third-order valence-corrected chi connectivity index (χ3v) is 8.60. The average molecular weight is 865 g/mol. The fraction of sp³-hybridized carbons (Fsp3) is 0.289. The molecule has 1 atom stereocenters. The maximum Gasteiger partial charge on any atom is 0.419 e. The Labute approximate surface area is 348 Å². The van der Waals surface area contributed by atoms with Crippen molar-refractivity contribution in [1.29, 1.82) is 0 Å². The molecule has 0 fully saturated rings. The fourth-order valence-corrected chi connectivity index (χ4v) is 6.04. The number of fused-ring (bicyclic) bond motifs is 1. The minimum absolute atomic E-state index is 0.0799. The van der Waals surface area contributed by atoms with E-state index in [2.05, 4.69) is 36.8 Å². The quantitative estimate of drug-likeness (QED) is 0.0965. The maximum atomic E-state index is 14.0. The number of urea groups is 1. The third kappa shape index (κ3) is 12.1. The summed E-state index contributed by atoms with van der Waals surface area (Å²) in [6, 6.07) is 13.8. The highest BCUT2D eigenvalue weighted by Gasteiger charge is 2.30. The van der Waals surface area contributed by atoms with E-state index >= 15 is 0 Å². The Morgan fingerprint density at radius 2 is 1.47 bits per heavy atom. The molecule has 316 valence electrons. The number of amides is 5. The first-order chi connectivity index (χ1) is 27.9. The summed E-state index contributed by atoms with van der Waals surface area (Å²) in [6.07, 6.45) is 1.06. The number of sulfonamides is 1. The number of esters is 1. The number of tetrazole rings is 1. The van der Waals surface area contributed by atoms with Gasteiger partial charge in [0.1, 0.15) is 29.3 Å². The van der Waals surface area contributed by atoms with Crippen LogP contribution in [0.1, 0.15) is 57.6 Å². The van der Waals surface area contributed by atoms with Crippen molar-refractivity contribution >= 4 is 85.4 Å². The summed E-state index contributed by atoms with van der Waals surface area (Å²) in [5.41, 5.74) is -0.437. The lowest BCUT2D eigenvalue weighted by molar-refractivity contribution is -0.137. The number of aromatic nitrogens is 5. The number of carbonyl (C=O) groups excluding carboxylic acids is 6. The van der Waals surface area contributed by atoms with Crippen molar-refractivity contribution in [1.82, 2.24) is 34.8 Å². The molecule has 5 amide bonds. The van der Waals surface area contributed by atoms with E-state index in [0.29, 0.717) is 10.9 Å². The smallest absolute Gasteiger partial charge is 0.419 e. The second-order valence-electron chi connectivity index (χ2n) is 15.2. The summed E-state index contributed by atoms with van der Waals surface area (Å²) in [6.45, 7) is 10.0. The van der Waals surface area contributed by atoms with E-state index in [1.165, 1.54) is 77.7 Å². The lowest BCUT2D eigenvalue weighted by Gasteiger charge is -2.22.